The van der Waals surface area contributed by atoms with Crippen molar-refractivity contribution in [1.29, 1.82) is 0 Å². The maximum Gasteiger partial charge on any atom is 0.222 e. The van der Waals surface area contributed by atoms with Crippen molar-refractivity contribution in [2.75, 3.05) is 19.8 Å². The molecule has 0 saturated heterocycles. The minimum absolute atomic E-state index is 0.123. The van der Waals surface area contributed by atoms with Gasteiger partial charge in [-0.25, -0.2) is 0 Å². The van der Waals surface area contributed by atoms with Gasteiger partial charge in [0, 0.05) is 27.1 Å². The van der Waals surface area contributed by atoms with Gasteiger partial charge in [-0.15, -0.1) is 5.10 Å². The lowest BCUT2D eigenvalue weighted by atomic mass is 10.3. The van der Waals surface area contributed by atoms with Crippen LogP contribution in [0.15, 0.2) is 6.20 Å². The van der Waals surface area contributed by atoms with E-state index < -0.39 is 0 Å². The van der Waals surface area contributed by atoms with E-state index in [4.69, 9.17) is 5.73 Å². The topological polar surface area (TPSA) is 77.0 Å². The van der Waals surface area contributed by atoms with E-state index in [1.54, 1.807) is 29.9 Å². The van der Waals surface area contributed by atoms with E-state index in [-0.39, 0.29) is 5.91 Å². The second-order valence-corrected chi connectivity index (χ2v) is 3.30. The summed E-state index contributed by atoms with van der Waals surface area (Å²) in [6.07, 6.45) is 2.92. The first-order valence-corrected chi connectivity index (χ1v) is 4.45. The van der Waals surface area contributed by atoms with Gasteiger partial charge in [-0.3, -0.25) is 9.48 Å². The van der Waals surface area contributed by atoms with Crippen LogP contribution in [0, 0.1) is 0 Å². The molecular weight excluding hydrogens is 182 g/mol. The number of hydrogen-bond acceptors (Lipinski definition) is 4. The van der Waals surface area contributed by atoms with E-state index in [0.717, 1.165) is 6.42 Å². The number of anilines is 1. The average Bonchev–Trinajstić information content (AvgIpc) is 2.51. The van der Waals surface area contributed by atoms with Gasteiger partial charge in [0.1, 0.15) is 0 Å². The van der Waals surface area contributed by atoms with Crippen molar-refractivity contribution in [3.63, 3.8) is 0 Å². The fourth-order valence-electron chi connectivity index (χ4n) is 1.04. The molecule has 1 amide bonds. The highest BCUT2D eigenvalue weighted by atomic mass is 16.2. The maximum atomic E-state index is 11.2. The van der Waals surface area contributed by atoms with Crippen LogP contribution in [0.4, 0.5) is 5.82 Å². The Labute approximate surface area is 82.7 Å². The van der Waals surface area contributed by atoms with Gasteiger partial charge in [0.15, 0.2) is 5.82 Å². The lowest BCUT2D eigenvalue weighted by molar-refractivity contribution is -0.128. The van der Waals surface area contributed by atoms with E-state index in [9.17, 15) is 4.79 Å². The van der Waals surface area contributed by atoms with Crippen LogP contribution in [0.1, 0.15) is 12.8 Å². The van der Waals surface area contributed by atoms with Crippen LogP contribution in [-0.2, 0) is 11.3 Å². The average molecular weight is 197 g/mol. The third kappa shape index (κ3) is 3.04. The number of hydrogen-bond donors (Lipinski definition) is 1. The third-order valence-electron chi connectivity index (χ3n) is 1.83. The number of amides is 1. The summed E-state index contributed by atoms with van der Waals surface area (Å²) in [5, 5.41) is 7.42. The molecule has 0 aliphatic carbocycles. The number of aromatic nitrogens is 3. The minimum Gasteiger partial charge on any atom is -0.381 e. The number of aryl methyl sites for hydroxylation is 1. The molecule has 1 aromatic rings. The van der Waals surface area contributed by atoms with Gasteiger partial charge in [-0.1, -0.05) is 5.21 Å². The first-order chi connectivity index (χ1) is 6.59. The van der Waals surface area contributed by atoms with Gasteiger partial charge >= 0.3 is 0 Å². The Bertz CT molecular complexity index is 306. The first-order valence-electron chi connectivity index (χ1n) is 4.45. The largest absolute Gasteiger partial charge is 0.381 e. The molecule has 1 rings (SSSR count). The van der Waals surface area contributed by atoms with Gasteiger partial charge < -0.3 is 10.6 Å². The highest BCUT2D eigenvalue weighted by Crippen LogP contribution is 1.98. The van der Waals surface area contributed by atoms with Crippen LogP contribution in [0.3, 0.4) is 0 Å². The highest BCUT2D eigenvalue weighted by molar-refractivity contribution is 5.75. The SMILES string of the molecule is CN(C)C(=O)CCCn1cc(N)nn1. The zero-order chi connectivity index (χ0) is 10.6. The smallest absolute Gasteiger partial charge is 0.222 e. The molecule has 0 spiro atoms. The number of nitrogens with two attached hydrogens (primary N) is 1. The molecule has 0 aliphatic heterocycles. The Morgan fingerprint density at radius 3 is 2.86 bits per heavy atom. The molecule has 0 bridgehead atoms. The van der Waals surface area contributed by atoms with Crippen LogP contribution >= 0.6 is 0 Å². The Morgan fingerprint density at radius 1 is 1.64 bits per heavy atom. The standard InChI is InChI=1S/C8H15N5O/c1-12(2)8(14)4-3-5-13-6-7(9)10-11-13/h6H,3-5,9H2,1-2H3. The summed E-state index contributed by atoms with van der Waals surface area (Å²) in [4.78, 5) is 12.8. The van der Waals surface area contributed by atoms with Crippen molar-refractivity contribution in [3.05, 3.63) is 6.20 Å². The zero-order valence-corrected chi connectivity index (χ0v) is 8.47. The fraction of sp³-hybridized carbons (Fsp3) is 0.625. The van der Waals surface area contributed by atoms with Crippen molar-refractivity contribution < 1.29 is 4.79 Å². The Balaban J connectivity index is 2.25. The van der Waals surface area contributed by atoms with Crippen molar-refractivity contribution >= 4 is 11.7 Å². The predicted octanol–water partition coefficient (Wildman–Crippen LogP) is -0.271. The molecule has 0 aromatic carbocycles. The molecule has 0 atom stereocenters. The molecule has 0 fully saturated rings. The van der Waals surface area contributed by atoms with Crippen LogP contribution in [0.2, 0.25) is 0 Å². The second-order valence-electron chi connectivity index (χ2n) is 3.30. The summed E-state index contributed by atoms with van der Waals surface area (Å²) in [5.41, 5.74) is 5.39. The van der Waals surface area contributed by atoms with Gasteiger partial charge in [0.05, 0.1) is 6.20 Å². The molecule has 14 heavy (non-hydrogen) atoms. The first kappa shape index (κ1) is 10.5. The molecule has 2 N–H and O–H groups in total. The van der Waals surface area contributed by atoms with Crippen LogP contribution in [0.25, 0.3) is 0 Å². The fourth-order valence-corrected chi connectivity index (χ4v) is 1.04. The summed E-state index contributed by atoms with van der Waals surface area (Å²) in [7, 11) is 3.49. The van der Waals surface area contributed by atoms with Crippen LogP contribution < -0.4 is 5.73 Å². The molecule has 78 valence electrons. The normalized spacial score (nSPS) is 10.1. The molecule has 0 saturated carbocycles. The molecular formula is C8H15N5O. The van der Waals surface area contributed by atoms with Gasteiger partial charge in [0.2, 0.25) is 5.91 Å². The Morgan fingerprint density at radius 2 is 2.36 bits per heavy atom. The van der Waals surface area contributed by atoms with Gasteiger partial charge in [-0.05, 0) is 6.42 Å². The maximum absolute atomic E-state index is 11.2. The van der Waals surface area contributed by atoms with Crippen molar-refractivity contribution in [1.82, 2.24) is 19.9 Å². The quantitative estimate of drug-likeness (QED) is 0.720. The van der Waals surface area contributed by atoms with Crippen molar-refractivity contribution in [2.24, 2.45) is 0 Å². The molecule has 0 aliphatic rings. The summed E-state index contributed by atoms with van der Waals surface area (Å²) < 4.78 is 1.64. The summed E-state index contributed by atoms with van der Waals surface area (Å²) in [6, 6.07) is 0. The van der Waals surface area contributed by atoms with E-state index in [1.165, 1.54) is 0 Å². The van der Waals surface area contributed by atoms with Crippen LogP contribution in [-0.4, -0.2) is 39.9 Å². The van der Waals surface area contributed by atoms with Crippen LogP contribution in [0.5, 0.6) is 0 Å². The van der Waals surface area contributed by atoms with Gasteiger partial charge in [0.25, 0.3) is 0 Å². The second kappa shape index (κ2) is 4.59. The minimum atomic E-state index is 0.123. The number of nitrogen functional groups attached to an aromatic ring is 1. The highest BCUT2D eigenvalue weighted by Gasteiger charge is 2.03. The Hall–Kier alpha value is -1.59. The van der Waals surface area contributed by atoms with E-state index in [2.05, 4.69) is 10.3 Å². The van der Waals surface area contributed by atoms with E-state index in [0.29, 0.717) is 18.8 Å². The van der Waals surface area contributed by atoms with E-state index >= 15 is 0 Å². The van der Waals surface area contributed by atoms with Gasteiger partial charge in [-0.2, -0.15) is 0 Å². The Kier molecular flexibility index (Phi) is 3.44. The third-order valence-corrected chi connectivity index (χ3v) is 1.83. The monoisotopic (exact) mass is 197 g/mol. The molecule has 0 unspecified atom stereocenters. The zero-order valence-electron chi connectivity index (χ0n) is 8.47. The molecule has 6 heteroatoms. The summed E-state index contributed by atoms with van der Waals surface area (Å²) in [5.74, 6) is 0.530. The number of carbonyl (C=O) groups excluding carboxylic acids is 1. The summed E-state index contributed by atoms with van der Waals surface area (Å²) >= 11 is 0. The molecule has 1 aromatic heterocycles. The number of rotatable bonds is 4. The van der Waals surface area contributed by atoms with E-state index in [1.807, 2.05) is 0 Å². The van der Waals surface area contributed by atoms with Crippen molar-refractivity contribution in [2.45, 2.75) is 19.4 Å². The molecule has 6 nitrogen and oxygen atoms in total. The number of carbonyl (C=O) groups is 1. The molecule has 0 radical (unpaired) electrons. The predicted molar refractivity (Wildman–Crippen MR) is 52.4 cm³/mol. The summed E-state index contributed by atoms with van der Waals surface area (Å²) in [6.45, 7) is 0.670. The lowest BCUT2D eigenvalue weighted by Crippen LogP contribution is -2.21. The van der Waals surface area contributed by atoms with Crippen molar-refractivity contribution in [3.8, 4) is 0 Å². The number of nitrogens with zero attached hydrogens (tertiary/aromatic N) is 4. The lowest BCUT2D eigenvalue weighted by Gasteiger charge is -2.09. The molecule has 1 heterocycles.